The van der Waals surface area contributed by atoms with Crippen LogP contribution in [0.2, 0.25) is 0 Å². The Bertz CT molecular complexity index is 372. The Morgan fingerprint density at radius 2 is 1.95 bits per heavy atom. The fraction of sp³-hybridized carbons (Fsp3) is 0.615. The highest BCUT2D eigenvalue weighted by Crippen LogP contribution is 2.08. The Labute approximate surface area is 117 Å². The highest BCUT2D eigenvalue weighted by molar-refractivity contribution is 5.79. The molecule has 7 heteroatoms. The number of rotatable bonds is 7. The molecule has 0 bridgehead atoms. The number of nitrogens with one attached hydrogen (secondary N) is 1. The molecule has 0 radical (unpaired) electrons. The van der Waals surface area contributed by atoms with E-state index in [9.17, 15) is 14.4 Å². The third-order valence-corrected chi connectivity index (χ3v) is 2.02. The molecule has 0 saturated heterocycles. The molecule has 0 aromatic heterocycles. The van der Waals surface area contributed by atoms with Crippen LogP contribution in [0.25, 0.3) is 0 Å². The summed E-state index contributed by atoms with van der Waals surface area (Å²) in [6, 6.07) is 0. The number of carboxylic acid groups (broad SMARTS) is 1. The largest absolute Gasteiger partial charge is 0.481 e. The van der Waals surface area contributed by atoms with Gasteiger partial charge in [-0.15, -0.1) is 0 Å². The maximum Gasteiger partial charge on any atom is 0.407 e. The molecule has 0 heterocycles. The summed E-state index contributed by atoms with van der Waals surface area (Å²) in [6.45, 7) is 8.24. The number of aliphatic carboxylic acids is 1. The first-order chi connectivity index (χ1) is 9.15. The van der Waals surface area contributed by atoms with Crippen LogP contribution in [0, 0.1) is 5.92 Å². The van der Waals surface area contributed by atoms with Crippen LogP contribution in [-0.4, -0.2) is 41.9 Å². The van der Waals surface area contributed by atoms with Crippen molar-refractivity contribution in [2.24, 2.45) is 5.92 Å². The van der Waals surface area contributed by atoms with E-state index in [2.05, 4.69) is 11.9 Å². The Morgan fingerprint density at radius 3 is 2.40 bits per heavy atom. The monoisotopic (exact) mass is 287 g/mol. The molecule has 0 aliphatic heterocycles. The van der Waals surface area contributed by atoms with E-state index >= 15 is 0 Å². The summed E-state index contributed by atoms with van der Waals surface area (Å²) in [4.78, 5) is 33.7. The van der Waals surface area contributed by atoms with E-state index in [1.54, 1.807) is 20.8 Å². The van der Waals surface area contributed by atoms with E-state index in [-0.39, 0.29) is 19.6 Å². The Morgan fingerprint density at radius 1 is 1.35 bits per heavy atom. The number of alkyl carbamates (subject to hydrolysis) is 1. The summed E-state index contributed by atoms with van der Waals surface area (Å²) in [7, 11) is 0. The molecule has 0 saturated carbocycles. The van der Waals surface area contributed by atoms with Crippen LogP contribution < -0.4 is 5.32 Å². The van der Waals surface area contributed by atoms with Crippen molar-refractivity contribution in [3.63, 3.8) is 0 Å². The predicted octanol–water partition coefficient (Wildman–Crippen LogP) is 1.33. The molecule has 7 nitrogen and oxygen atoms in total. The number of hydrogen-bond acceptors (Lipinski definition) is 5. The molecule has 0 fully saturated rings. The van der Waals surface area contributed by atoms with Crippen LogP contribution in [0.1, 0.15) is 27.2 Å². The minimum absolute atomic E-state index is 0.0185. The van der Waals surface area contributed by atoms with Gasteiger partial charge >= 0.3 is 18.0 Å². The molecular weight excluding hydrogens is 266 g/mol. The van der Waals surface area contributed by atoms with Gasteiger partial charge < -0.3 is 19.9 Å². The number of esters is 1. The molecule has 20 heavy (non-hydrogen) atoms. The quantitative estimate of drug-likeness (QED) is 0.541. The second kappa shape index (κ2) is 8.19. The van der Waals surface area contributed by atoms with Crippen molar-refractivity contribution in [2.75, 3.05) is 13.2 Å². The average molecular weight is 287 g/mol. The molecular formula is C13H21NO6. The highest BCUT2D eigenvalue weighted by atomic mass is 16.6. The number of carboxylic acids is 1. The lowest BCUT2D eigenvalue weighted by atomic mass is 10.1. The Kier molecular flexibility index (Phi) is 7.35. The second-order valence-electron chi connectivity index (χ2n) is 5.09. The van der Waals surface area contributed by atoms with Crippen molar-refractivity contribution < 1.29 is 29.0 Å². The third kappa shape index (κ3) is 8.96. The van der Waals surface area contributed by atoms with Gasteiger partial charge in [0.1, 0.15) is 12.2 Å². The van der Waals surface area contributed by atoms with Crippen LogP contribution in [0.15, 0.2) is 12.7 Å². The Hall–Kier alpha value is -2.05. The first-order valence-corrected chi connectivity index (χ1v) is 6.12. The normalized spacial score (nSPS) is 12.2. The van der Waals surface area contributed by atoms with E-state index in [0.29, 0.717) is 0 Å². The van der Waals surface area contributed by atoms with Crippen LogP contribution in [-0.2, 0) is 19.1 Å². The number of carbonyl (C=O) groups is 3. The summed E-state index contributed by atoms with van der Waals surface area (Å²) < 4.78 is 9.66. The summed E-state index contributed by atoms with van der Waals surface area (Å²) >= 11 is 0. The summed E-state index contributed by atoms with van der Waals surface area (Å²) in [5, 5.41) is 11.3. The van der Waals surface area contributed by atoms with E-state index in [1.807, 2.05) is 0 Å². The van der Waals surface area contributed by atoms with Crippen LogP contribution in [0.4, 0.5) is 4.79 Å². The smallest absolute Gasteiger partial charge is 0.407 e. The van der Waals surface area contributed by atoms with Gasteiger partial charge in [-0.05, 0) is 20.8 Å². The van der Waals surface area contributed by atoms with Gasteiger partial charge in [-0.1, -0.05) is 12.7 Å². The average Bonchev–Trinajstić information content (AvgIpc) is 2.29. The minimum Gasteiger partial charge on any atom is -0.481 e. The maximum atomic E-state index is 11.4. The van der Waals surface area contributed by atoms with E-state index in [4.69, 9.17) is 14.6 Å². The van der Waals surface area contributed by atoms with E-state index in [0.717, 1.165) is 0 Å². The first kappa shape index (κ1) is 17.9. The molecule has 0 aromatic rings. The molecule has 0 rings (SSSR count). The van der Waals surface area contributed by atoms with E-state index < -0.39 is 29.6 Å². The SMILES string of the molecule is C=CCOC(=O)C[C@H](CNC(=O)OC(C)(C)C)C(=O)O. The molecule has 2 N–H and O–H groups in total. The fourth-order valence-electron chi connectivity index (χ4n) is 1.18. The Balaban J connectivity index is 4.28. The zero-order valence-corrected chi connectivity index (χ0v) is 12.0. The molecule has 114 valence electrons. The zero-order valence-electron chi connectivity index (χ0n) is 12.0. The summed E-state index contributed by atoms with van der Waals surface area (Å²) in [5.41, 5.74) is -0.675. The van der Waals surface area contributed by atoms with Crippen molar-refractivity contribution in [3.8, 4) is 0 Å². The fourth-order valence-corrected chi connectivity index (χ4v) is 1.18. The van der Waals surface area contributed by atoms with Crippen LogP contribution in [0.3, 0.4) is 0 Å². The maximum absolute atomic E-state index is 11.4. The number of ether oxygens (including phenoxy) is 2. The number of hydrogen-bond donors (Lipinski definition) is 2. The van der Waals surface area contributed by atoms with Crippen molar-refractivity contribution in [1.29, 1.82) is 0 Å². The van der Waals surface area contributed by atoms with Gasteiger partial charge in [0.05, 0.1) is 12.3 Å². The number of carbonyl (C=O) groups excluding carboxylic acids is 2. The first-order valence-electron chi connectivity index (χ1n) is 6.12. The molecule has 1 amide bonds. The van der Waals surface area contributed by atoms with Gasteiger partial charge in [-0.3, -0.25) is 9.59 Å². The van der Waals surface area contributed by atoms with Crippen LogP contribution in [0.5, 0.6) is 0 Å². The summed E-state index contributed by atoms with van der Waals surface area (Å²) in [5.74, 6) is -2.93. The molecule has 0 aromatic carbocycles. The molecule has 0 spiro atoms. The number of amides is 1. The topological polar surface area (TPSA) is 102 Å². The lowest BCUT2D eigenvalue weighted by molar-refractivity contribution is -0.150. The highest BCUT2D eigenvalue weighted by Gasteiger charge is 2.24. The van der Waals surface area contributed by atoms with Crippen molar-refractivity contribution in [1.82, 2.24) is 5.32 Å². The zero-order chi connectivity index (χ0) is 15.8. The van der Waals surface area contributed by atoms with Crippen molar-refractivity contribution in [3.05, 3.63) is 12.7 Å². The van der Waals surface area contributed by atoms with Gasteiger partial charge in [-0.25, -0.2) is 4.79 Å². The van der Waals surface area contributed by atoms with Gasteiger partial charge in [0.15, 0.2) is 0 Å². The predicted molar refractivity (Wildman–Crippen MR) is 71.1 cm³/mol. The summed E-state index contributed by atoms with van der Waals surface area (Å²) in [6.07, 6.45) is 0.314. The third-order valence-electron chi connectivity index (χ3n) is 2.02. The second-order valence-corrected chi connectivity index (χ2v) is 5.09. The minimum atomic E-state index is -1.20. The van der Waals surface area contributed by atoms with Gasteiger partial charge in [0.2, 0.25) is 0 Å². The lowest BCUT2D eigenvalue weighted by Crippen LogP contribution is -2.38. The van der Waals surface area contributed by atoms with Crippen LogP contribution >= 0.6 is 0 Å². The molecule has 0 aliphatic carbocycles. The molecule has 0 aliphatic rings. The molecule has 1 atom stereocenters. The van der Waals surface area contributed by atoms with Gasteiger partial charge in [-0.2, -0.15) is 0 Å². The van der Waals surface area contributed by atoms with Gasteiger partial charge in [0.25, 0.3) is 0 Å². The lowest BCUT2D eigenvalue weighted by Gasteiger charge is -2.20. The van der Waals surface area contributed by atoms with Crippen molar-refractivity contribution >= 4 is 18.0 Å². The standard InChI is InChI=1S/C13H21NO6/c1-5-6-19-10(15)7-9(11(16)17)8-14-12(18)20-13(2,3)4/h5,9H,1,6-8H2,2-4H3,(H,14,18)(H,16,17)/t9-/m1/s1. The molecule has 0 unspecified atom stereocenters. The van der Waals surface area contributed by atoms with E-state index in [1.165, 1.54) is 6.08 Å². The van der Waals surface area contributed by atoms with Crippen molar-refractivity contribution in [2.45, 2.75) is 32.8 Å². The van der Waals surface area contributed by atoms with Gasteiger partial charge in [0, 0.05) is 6.54 Å².